The van der Waals surface area contributed by atoms with Gasteiger partial charge in [-0.3, -0.25) is 4.90 Å². The quantitative estimate of drug-likeness (QED) is 0.603. The van der Waals surface area contributed by atoms with Crippen molar-refractivity contribution in [3.05, 3.63) is 57.6 Å². The third-order valence-corrected chi connectivity index (χ3v) is 5.22. The highest BCUT2D eigenvalue weighted by Gasteiger charge is 2.13. The predicted molar refractivity (Wildman–Crippen MR) is 115 cm³/mol. The fourth-order valence-electron chi connectivity index (χ4n) is 3.20. The van der Waals surface area contributed by atoms with Crippen LogP contribution in [0.2, 0.25) is 10.0 Å². The Morgan fingerprint density at radius 2 is 1.93 bits per heavy atom. The molecule has 0 aromatic heterocycles. The topological polar surface area (TPSA) is 45.8 Å². The molecule has 152 valence electrons. The summed E-state index contributed by atoms with van der Waals surface area (Å²) in [7, 11) is 1.62. The molecule has 2 aromatic carbocycles. The molecule has 1 aliphatic heterocycles. The largest absolute Gasteiger partial charge is 0.493 e. The van der Waals surface area contributed by atoms with Crippen LogP contribution in [-0.4, -0.2) is 51.3 Å². The number of benzene rings is 2. The van der Waals surface area contributed by atoms with E-state index in [1.54, 1.807) is 7.11 Å². The van der Waals surface area contributed by atoms with E-state index >= 15 is 0 Å². The van der Waals surface area contributed by atoms with Gasteiger partial charge in [0.1, 0.15) is 6.61 Å². The fourth-order valence-corrected chi connectivity index (χ4v) is 3.70. The Bertz CT molecular complexity index is 767. The molecule has 2 aromatic rings. The van der Waals surface area contributed by atoms with Crippen molar-refractivity contribution in [2.45, 2.75) is 13.2 Å². The second-order valence-electron chi connectivity index (χ2n) is 6.80. The van der Waals surface area contributed by atoms with Crippen molar-refractivity contribution in [1.82, 2.24) is 15.5 Å². The molecule has 28 heavy (non-hydrogen) atoms. The molecule has 5 nitrogen and oxygen atoms in total. The van der Waals surface area contributed by atoms with Crippen LogP contribution >= 0.6 is 23.2 Å². The van der Waals surface area contributed by atoms with Crippen molar-refractivity contribution in [1.29, 1.82) is 0 Å². The van der Waals surface area contributed by atoms with E-state index < -0.39 is 0 Å². The minimum atomic E-state index is 0.374. The van der Waals surface area contributed by atoms with Crippen molar-refractivity contribution < 1.29 is 9.47 Å². The molecule has 0 atom stereocenters. The standard InChI is InChI=1S/C21H27Cl2N3O2/c1-27-20-13-17(14-25-7-10-26-8-5-24-6-9-26)12-19(23)21(20)28-15-16-3-2-4-18(22)11-16/h2-4,11-13,24-25H,5-10,14-15H2,1H3. The Balaban J connectivity index is 1.54. The Morgan fingerprint density at radius 3 is 2.68 bits per heavy atom. The maximum atomic E-state index is 6.47. The Kier molecular flexibility index (Phi) is 8.25. The lowest BCUT2D eigenvalue weighted by Gasteiger charge is -2.27. The second kappa shape index (κ2) is 10.9. The molecule has 0 radical (unpaired) electrons. The molecule has 1 fully saturated rings. The van der Waals surface area contributed by atoms with Gasteiger partial charge in [-0.2, -0.15) is 0 Å². The molecule has 0 saturated carbocycles. The maximum Gasteiger partial charge on any atom is 0.180 e. The summed E-state index contributed by atoms with van der Waals surface area (Å²) in [6, 6.07) is 11.5. The normalized spacial score (nSPS) is 14.8. The number of halogens is 2. The predicted octanol–water partition coefficient (Wildman–Crippen LogP) is 3.58. The van der Waals surface area contributed by atoms with Crippen molar-refractivity contribution in [3.63, 3.8) is 0 Å². The van der Waals surface area contributed by atoms with Crippen LogP contribution in [-0.2, 0) is 13.2 Å². The molecule has 1 aliphatic rings. The molecular weight excluding hydrogens is 397 g/mol. The highest BCUT2D eigenvalue weighted by atomic mass is 35.5. The molecule has 1 heterocycles. The molecule has 2 N–H and O–H groups in total. The van der Waals surface area contributed by atoms with Crippen molar-refractivity contribution >= 4 is 23.2 Å². The fraction of sp³-hybridized carbons (Fsp3) is 0.429. The van der Waals surface area contributed by atoms with E-state index in [0.29, 0.717) is 28.2 Å². The van der Waals surface area contributed by atoms with E-state index in [-0.39, 0.29) is 0 Å². The first-order valence-corrected chi connectivity index (χ1v) is 10.3. The van der Waals surface area contributed by atoms with Gasteiger partial charge >= 0.3 is 0 Å². The summed E-state index contributed by atoms with van der Waals surface area (Å²) >= 11 is 12.5. The van der Waals surface area contributed by atoms with Gasteiger partial charge < -0.3 is 20.1 Å². The number of ether oxygens (including phenoxy) is 2. The molecular formula is C21H27Cl2N3O2. The molecule has 0 bridgehead atoms. The van der Waals surface area contributed by atoms with Gasteiger partial charge in [-0.1, -0.05) is 35.3 Å². The highest BCUT2D eigenvalue weighted by molar-refractivity contribution is 6.32. The molecule has 0 amide bonds. The van der Waals surface area contributed by atoms with Crippen molar-refractivity contribution in [3.8, 4) is 11.5 Å². The summed E-state index contributed by atoms with van der Waals surface area (Å²) in [5.41, 5.74) is 2.04. The van der Waals surface area contributed by atoms with Crippen LogP contribution in [0.5, 0.6) is 11.5 Å². The van der Waals surface area contributed by atoms with Crippen LogP contribution in [0.25, 0.3) is 0 Å². The minimum absolute atomic E-state index is 0.374. The number of nitrogens with one attached hydrogen (secondary N) is 2. The monoisotopic (exact) mass is 423 g/mol. The van der Waals surface area contributed by atoms with Crippen LogP contribution in [0.1, 0.15) is 11.1 Å². The molecule has 7 heteroatoms. The lowest BCUT2D eigenvalue weighted by molar-refractivity contribution is 0.241. The van der Waals surface area contributed by atoms with Gasteiger partial charge in [0.2, 0.25) is 0 Å². The minimum Gasteiger partial charge on any atom is -0.493 e. The number of piperazine rings is 1. The van der Waals surface area contributed by atoms with E-state index in [9.17, 15) is 0 Å². The zero-order valence-electron chi connectivity index (χ0n) is 16.1. The third kappa shape index (κ3) is 6.26. The smallest absolute Gasteiger partial charge is 0.180 e. The second-order valence-corrected chi connectivity index (χ2v) is 7.64. The average molecular weight is 424 g/mol. The van der Waals surface area contributed by atoms with Gasteiger partial charge in [-0.15, -0.1) is 0 Å². The van der Waals surface area contributed by atoms with Gasteiger partial charge in [0.15, 0.2) is 11.5 Å². The van der Waals surface area contributed by atoms with Gasteiger partial charge in [-0.25, -0.2) is 0 Å². The van der Waals surface area contributed by atoms with Crippen LogP contribution in [0.3, 0.4) is 0 Å². The number of hydrogen-bond acceptors (Lipinski definition) is 5. The molecule has 3 rings (SSSR count). The number of nitrogens with zero attached hydrogens (tertiary/aromatic N) is 1. The van der Waals surface area contributed by atoms with E-state index in [1.165, 1.54) is 0 Å². The summed E-state index contributed by atoms with van der Waals surface area (Å²) < 4.78 is 11.4. The Labute approximate surface area is 176 Å². The van der Waals surface area contributed by atoms with Crippen LogP contribution < -0.4 is 20.1 Å². The highest BCUT2D eigenvalue weighted by Crippen LogP contribution is 2.37. The van der Waals surface area contributed by atoms with Gasteiger partial charge in [0, 0.05) is 50.8 Å². The van der Waals surface area contributed by atoms with Crippen LogP contribution in [0.4, 0.5) is 0 Å². The lowest BCUT2D eigenvalue weighted by atomic mass is 10.2. The van der Waals surface area contributed by atoms with Gasteiger partial charge in [0.25, 0.3) is 0 Å². The van der Waals surface area contributed by atoms with Crippen molar-refractivity contribution in [2.24, 2.45) is 0 Å². The van der Waals surface area contributed by atoms with Gasteiger partial charge in [0.05, 0.1) is 12.1 Å². The van der Waals surface area contributed by atoms with Crippen molar-refractivity contribution in [2.75, 3.05) is 46.4 Å². The average Bonchev–Trinajstić information content (AvgIpc) is 2.71. The zero-order chi connectivity index (χ0) is 19.8. The Morgan fingerprint density at radius 1 is 1.11 bits per heavy atom. The number of rotatable bonds is 9. The first-order valence-electron chi connectivity index (χ1n) is 9.53. The molecule has 0 unspecified atom stereocenters. The first-order chi connectivity index (χ1) is 13.7. The zero-order valence-corrected chi connectivity index (χ0v) is 17.7. The SMILES string of the molecule is COc1cc(CNCCN2CCNCC2)cc(Cl)c1OCc1cccc(Cl)c1. The summed E-state index contributed by atoms with van der Waals surface area (Å²) in [6.07, 6.45) is 0. The summed E-state index contributed by atoms with van der Waals surface area (Å²) in [5.74, 6) is 1.18. The molecule has 1 saturated heterocycles. The van der Waals surface area contributed by atoms with E-state index in [4.69, 9.17) is 32.7 Å². The van der Waals surface area contributed by atoms with Crippen LogP contribution in [0, 0.1) is 0 Å². The molecule has 0 aliphatic carbocycles. The van der Waals surface area contributed by atoms with Gasteiger partial charge in [-0.05, 0) is 35.4 Å². The van der Waals surface area contributed by atoms with E-state index in [1.807, 2.05) is 36.4 Å². The van der Waals surface area contributed by atoms with E-state index in [0.717, 1.165) is 56.9 Å². The molecule has 0 spiro atoms. The van der Waals surface area contributed by atoms with E-state index in [2.05, 4.69) is 15.5 Å². The Hall–Kier alpha value is -1.50. The number of hydrogen-bond donors (Lipinski definition) is 2. The number of methoxy groups -OCH3 is 1. The third-order valence-electron chi connectivity index (χ3n) is 4.70. The summed E-state index contributed by atoms with van der Waals surface area (Å²) in [4.78, 5) is 2.46. The maximum absolute atomic E-state index is 6.47. The van der Waals surface area contributed by atoms with Crippen LogP contribution in [0.15, 0.2) is 36.4 Å². The summed E-state index contributed by atoms with van der Waals surface area (Å²) in [5, 5.41) is 8.07. The lowest BCUT2D eigenvalue weighted by Crippen LogP contribution is -2.45. The summed E-state index contributed by atoms with van der Waals surface area (Å²) in [6.45, 7) is 7.46. The first kappa shape index (κ1) is 21.2.